The molecule has 0 unspecified atom stereocenters. The zero-order valence-electron chi connectivity index (χ0n) is 14.3. The molecule has 0 atom stereocenters. The van der Waals surface area contributed by atoms with Crippen LogP contribution in [0.15, 0.2) is 29.6 Å². The fraction of sp³-hybridized carbons (Fsp3) is 0.167. The molecule has 134 valence electrons. The summed E-state index contributed by atoms with van der Waals surface area (Å²) < 4.78 is 17.8. The average molecular weight is 373 g/mol. The van der Waals surface area contributed by atoms with E-state index in [1.165, 1.54) is 30.6 Å². The fourth-order valence-corrected chi connectivity index (χ4v) is 3.34. The Balaban J connectivity index is 1.81. The highest BCUT2D eigenvalue weighted by atomic mass is 32.1. The van der Waals surface area contributed by atoms with Crippen molar-refractivity contribution in [3.8, 4) is 11.3 Å². The number of esters is 1. The normalized spacial score (nSPS) is 10.6. The summed E-state index contributed by atoms with van der Waals surface area (Å²) in [6.07, 6.45) is 0. The summed E-state index contributed by atoms with van der Waals surface area (Å²) in [6, 6.07) is 5.95. The van der Waals surface area contributed by atoms with Crippen molar-refractivity contribution in [1.82, 2.24) is 9.97 Å². The van der Waals surface area contributed by atoms with Gasteiger partial charge < -0.3 is 9.72 Å². The molecule has 2 heterocycles. The predicted octanol–water partition coefficient (Wildman–Crippen LogP) is 3.93. The van der Waals surface area contributed by atoms with Crippen molar-refractivity contribution in [1.29, 1.82) is 0 Å². The van der Waals surface area contributed by atoms with Gasteiger partial charge in [-0.15, -0.1) is 11.3 Å². The molecule has 8 heteroatoms. The molecule has 2 N–H and O–H groups in total. The average Bonchev–Trinajstić information content (AvgIpc) is 3.19. The Labute approximate surface area is 153 Å². The van der Waals surface area contributed by atoms with Gasteiger partial charge in [0.05, 0.1) is 18.4 Å². The molecule has 0 spiro atoms. The second-order valence-electron chi connectivity index (χ2n) is 5.62. The number of carbonyl (C=O) groups is 2. The van der Waals surface area contributed by atoms with Crippen LogP contribution < -0.4 is 5.32 Å². The van der Waals surface area contributed by atoms with Crippen LogP contribution in [0.4, 0.5) is 9.52 Å². The molecule has 1 aromatic carbocycles. The largest absolute Gasteiger partial charge is 0.465 e. The third kappa shape index (κ3) is 3.36. The molecule has 0 aliphatic rings. The predicted molar refractivity (Wildman–Crippen MR) is 97.1 cm³/mol. The van der Waals surface area contributed by atoms with Crippen LogP contribution in [0, 0.1) is 19.7 Å². The van der Waals surface area contributed by atoms with Crippen LogP contribution in [-0.2, 0) is 4.74 Å². The summed E-state index contributed by atoms with van der Waals surface area (Å²) >= 11 is 1.26. The number of H-pyrrole nitrogens is 1. The molecule has 0 saturated carbocycles. The number of thiazole rings is 1. The van der Waals surface area contributed by atoms with E-state index in [9.17, 15) is 14.0 Å². The van der Waals surface area contributed by atoms with Gasteiger partial charge in [0.25, 0.3) is 5.91 Å². The molecular weight excluding hydrogens is 357 g/mol. The SMILES string of the molecule is COC(=O)c1c(C)[nH]c(C(=O)Nc2nc(-c3ccc(F)cc3)cs2)c1C. The number of carbonyl (C=O) groups excluding carboxylic acids is 2. The fourth-order valence-electron chi connectivity index (χ4n) is 2.63. The molecule has 0 bridgehead atoms. The van der Waals surface area contributed by atoms with Gasteiger partial charge in [0.1, 0.15) is 11.5 Å². The topological polar surface area (TPSA) is 84.1 Å². The first-order valence-corrected chi connectivity index (χ1v) is 8.59. The lowest BCUT2D eigenvalue weighted by Crippen LogP contribution is -2.14. The number of hydrogen-bond acceptors (Lipinski definition) is 5. The third-order valence-corrected chi connectivity index (χ3v) is 4.68. The van der Waals surface area contributed by atoms with Crippen LogP contribution in [0.2, 0.25) is 0 Å². The molecule has 0 aliphatic heterocycles. The van der Waals surface area contributed by atoms with E-state index in [0.717, 1.165) is 5.56 Å². The Kier molecular flexibility index (Phi) is 4.85. The van der Waals surface area contributed by atoms with Crippen molar-refractivity contribution in [2.45, 2.75) is 13.8 Å². The van der Waals surface area contributed by atoms with Gasteiger partial charge in [-0.3, -0.25) is 10.1 Å². The van der Waals surface area contributed by atoms with Gasteiger partial charge in [-0.05, 0) is 43.7 Å². The lowest BCUT2D eigenvalue weighted by atomic mass is 10.1. The number of ether oxygens (including phenoxy) is 1. The number of hydrogen-bond donors (Lipinski definition) is 2. The van der Waals surface area contributed by atoms with Crippen LogP contribution in [-0.4, -0.2) is 29.0 Å². The van der Waals surface area contributed by atoms with Crippen molar-refractivity contribution in [3.63, 3.8) is 0 Å². The maximum absolute atomic E-state index is 13.0. The lowest BCUT2D eigenvalue weighted by Gasteiger charge is -2.02. The van der Waals surface area contributed by atoms with E-state index in [4.69, 9.17) is 4.74 Å². The zero-order chi connectivity index (χ0) is 18.8. The second kappa shape index (κ2) is 7.09. The first-order chi connectivity index (χ1) is 12.4. The van der Waals surface area contributed by atoms with Crippen molar-refractivity contribution in [2.24, 2.45) is 0 Å². The second-order valence-corrected chi connectivity index (χ2v) is 6.47. The monoisotopic (exact) mass is 373 g/mol. The van der Waals surface area contributed by atoms with Crippen LogP contribution in [0.3, 0.4) is 0 Å². The number of amides is 1. The Morgan fingerprint density at radius 3 is 2.58 bits per heavy atom. The quantitative estimate of drug-likeness (QED) is 0.679. The number of halogens is 1. The van der Waals surface area contributed by atoms with Crippen LogP contribution in [0.1, 0.15) is 32.1 Å². The Hall–Kier alpha value is -3.00. The smallest absolute Gasteiger partial charge is 0.339 e. The molecule has 0 fully saturated rings. The van der Waals surface area contributed by atoms with Crippen molar-refractivity contribution >= 4 is 28.3 Å². The van der Waals surface area contributed by atoms with E-state index in [0.29, 0.717) is 27.6 Å². The number of benzene rings is 1. The summed E-state index contributed by atoms with van der Waals surface area (Å²) in [5.41, 5.74) is 3.10. The first kappa shape index (κ1) is 17.8. The van der Waals surface area contributed by atoms with E-state index in [2.05, 4.69) is 15.3 Å². The highest BCUT2D eigenvalue weighted by Gasteiger charge is 2.23. The van der Waals surface area contributed by atoms with Crippen molar-refractivity contribution in [3.05, 3.63) is 58.0 Å². The molecule has 3 rings (SSSR count). The Morgan fingerprint density at radius 2 is 1.92 bits per heavy atom. The molecule has 6 nitrogen and oxygen atoms in total. The Bertz CT molecular complexity index is 976. The van der Waals surface area contributed by atoms with Gasteiger partial charge in [0.15, 0.2) is 5.13 Å². The minimum Gasteiger partial charge on any atom is -0.465 e. The maximum Gasteiger partial charge on any atom is 0.339 e. The molecule has 0 aliphatic carbocycles. The summed E-state index contributed by atoms with van der Waals surface area (Å²) in [4.78, 5) is 31.6. The summed E-state index contributed by atoms with van der Waals surface area (Å²) in [5, 5.41) is 4.89. The van der Waals surface area contributed by atoms with E-state index in [-0.39, 0.29) is 11.5 Å². The number of rotatable bonds is 4. The maximum atomic E-state index is 13.0. The van der Waals surface area contributed by atoms with Gasteiger partial charge in [0.2, 0.25) is 0 Å². The highest BCUT2D eigenvalue weighted by Crippen LogP contribution is 2.26. The molecule has 26 heavy (non-hydrogen) atoms. The van der Waals surface area contributed by atoms with E-state index in [1.54, 1.807) is 31.4 Å². The standard InChI is InChI=1S/C18H16FN3O3S/c1-9-14(17(24)25-3)10(2)20-15(9)16(23)22-18-21-13(8-26-18)11-4-6-12(19)7-5-11/h4-8,20H,1-3H3,(H,21,22,23). The molecular formula is C18H16FN3O3S. The third-order valence-electron chi connectivity index (χ3n) is 3.92. The minimum atomic E-state index is -0.497. The molecule has 2 aromatic heterocycles. The van der Waals surface area contributed by atoms with Crippen LogP contribution >= 0.6 is 11.3 Å². The van der Waals surface area contributed by atoms with Gasteiger partial charge in [-0.1, -0.05) is 0 Å². The van der Waals surface area contributed by atoms with Gasteiger partial charge in [0, 0.05) is 16.6 Å². The van der Waals surface area contributed by atoms with Gasteiger partial charge in [-0.2, -0.15) is 0 Å². The van der Waals surface area contributed by atoms with E-state index < -0.39 is 11.9 Å². The number of anilines is 1. The zero-order valence-corrected chi connectivity index (χ0v) is 15.2. The minimum absolute atomic E-state index is 0.279. The number of aromatic nitrogens is 2. The van der Waals surface area contributed by atoms with Crippen molar-refractivity contribution in [2.75, 3.05) is 12.4 Å². The number of methoxy groups -OCH3 is 1. The van der Waals surface area contributed by atoms with Crippen LogP contribution in [0.5, 0.6) is 0 Å². The number of nitrogens with one attached hydrogen (secondary N) is 2. The summed E-state index contributed by atoms with van der Waals surface area (Å²) in [6.45, 7) is 3.38. The molecule has 0 radical (unpaired) electrons. The van der Waals surface area contributed by atoms with Crippen molar-refractivity contribution < 1.29 is 18.7 Å². The van der Waals surface area contributed by atoms with Gasteiger partial charge >= 0.3 is 5.97 Å². The first-order valence-electron chi connectivity index (χ1n) is 7.71. The number of nitrogens with zero attached hydrogens (tertiary/aromatic N) is 1. The number of aryl methyl sites for hydroxylation is 1. The van der Waals surface area contributed by atoms with Gasteiger partial charge in [-0.25, -0.2) is 14.2 Å². The molecule has 1 amide bonds. The summed E-state index contributed by atoms with van der Waals surface area (Å²) in [7, 11) is 1.29. The number of aromatic amines is 1. The highest BCUT2D eigenvalue weighted by molar-refractivity contribution is 7.14. The summed E-state index contributed by atoms with van der Waals surface area (Å²) in [5.74, 6) is -1.22. The van der Waals surface area contributed by atoms with E-state index in [1.807, 2.05) is 0 Å². The van der Waals surface area contributed by atoms with E-state index >= 15 is 0 Å². The van der Waals surface area contributed by atoms with Crippen LogP contribution in [0.25, 0.3) is 11.3 Å². The molecule has 3 aromatic rings. The Morgan fingerprint density at radius 1 is 1.23 bits per heavy atom. The molecule has 0 saturated heterocycles. The lowest BCUT2D eigenvalue weighted by molar-refractivity contribution is 0.0599.